The third kappa shape index (κ3) is 8.22. The average Bonchev–Trinajstić information content (AvgIpc) is 3.75. The number of thiol groups is 1. The topological polar surface area (TPSA) is 156 Å². The van der Waals surface area contributed by atoms with Crippen molar-refractivity contribution in [2.24, 2.45) is 5.92 Å². The number of methoxy groups -OCH3 is 2. The Kier molecular flexibility index (Phi) is 12.1. The lowest BCUT2D eigenvalue weighted by Crippen LogP contribution is -2.63. The molecule has 4 bridgehead atoms. The Morgan fingerprint density at radius 2 is 2.00 bits per heavy atom. The smallest absolute Gasteiger partial charge is 0.409 e. The molecule has 1 aromatic rings. The number of alkyl carbamates (subject to hydrolysis) is 1. The van der Waals surface area contributed by atoms with Crippen LogP contribution in [0.3, 0.4) is 0 Å². The van der Waals surface area contributed by atoms with E-state index in [9.17, 15) is 24.3 Å². The van der Waals surface area contributed by atoms with Crippen LogP contribution in [0.1, 0.15) is 52.5 Å². The van der Waals surface area contributed by atoms with E-state index < -0.39 is 65.7 Å². The number of halogens is 1. The Bertz CT molecular complexity index is 1540. The molecule has 3 amide bonds. The van der Waals surface area contributed by atoms with E-state index in [-0.39, 0.29) is 30.2 Å². The molecule has 4 rings (SSSR count). The van der Waals surface area contributed by atoms with Crippen LogP contribution in [0.15, 0.2) is 29.5 Å². The van der Waals surface area contributed by atoms with Gasteiger partial charge in [-0.05, 0) is 55.9 Å². The Balaban J connectivity index is 1.79. The van der Waals surface area contributed by atoms with Gasteiger partial charge in [0.2, 0.25) is 11.8 Å². The van der Waals surface area contributed by atoms with Gasteiger partial charge >= 0.3 is 12.1 Å². The molecule has 3 aliphatic rings. The van der Waals surface area contributed by atoms with Crippen molar-refractivity contribution in [2.75, 3.05) is 39.0 Å². The number of fused-ring (bicyclic) bond motifs is 5. The standard InChI is InChI=1S/C34H46ClN3O10S/c1-18-9-10-25(45-8)34(43)17-24(46-32(42)36-34)19(2)30-33(4,48-30)26(47-31(41)20(3)37(5)27(39)11-12-49)16-28(40)38(6)22-14-21(13-18)15-23(44-7)29(22)35/h10,14-15,19-20,24-26,30,43,49H,11-13,16-17H2,1-8H3,(H,36,42)/t9?,19-,20+,24+,25-,26+,30+,33+,34+/m1/s1. The molecule has 8 atom stereocenters. The third-order valence-electron chi connectivity index (χ3n) is 9.65. The van der Waals surface area contributed by atoms with Gasteiger partial charge in [0.05, 0.1) is 25.3 Å². The second kappa shape index (κ2) is 15.3. The summed E-state index contributed by atoms with van der Waals surface area (Å²) in [5.74, 6) is -1.34. The SMILES string of the molecule is COc1cc2cc(c1Cl)N(C)C(=O)C[C@H](OC(=O)[C@H](C)N(C)C(=O)CCS)[C@]1(C)O[C@H]1[C@H](C)[C@@H]1C[C@@](O)(NC(=O)O1)[C@H](OC)C=C=C(C)C2. The Morgan fingerprint density at radius 1 is 1.31 bits per heavy atom. The molecule has 13 nitrogen and oxygen atoms in total. The molecule has 2 N–H and O–H groups in total. The number of amides is 3. The van der Waals surface area contributed by atoms with Gasteiger partial charge in [-0.3, -0.25) is 14.9 Å². The molecule has 2 fully saturated rings. The number of aliphatic hydroxyl groups is 1. The highest BCUT2D eigenvalue weighted by atomic mass is 35.5. The minimum absolute atomic E-state index is 0.0650. The van der Waals surface area contributed by atoms with Gasteiger partial charge in [-0.2, -0.15) is 12.6 Å². The van der Waals surface area contributed by atoms with Crippen LogP contribution in [0, 0.1) is 5.92 Å². The number of epoxide rings is 1. The lowest BCUT2D eigenvalue weighted by Gasteiger charge is -2.41. The van der Waals surface area contributed by atoms with Gasteiger partial charge in [0.1, 0.15) is 40.7 Å². The molecule has 270 valence electrons. The van der Waals surface area contributed by atoms with Crippen LogP contribution < -0.4 is 15.0 Å². The lowest BCUT2D eigenvalue weighted by molar-refractivity contribution is -0.161. The quantitative estimate of drug-likeness (QED) is 0.165. The Hall–Kier alpha value is -3.26. The number of benzene rings is 1. The number of carbonyl (C=O) groups excluding carboxylic acids is 4. The predicted octanol–water partition coefficient (Wildman–Crippen LogP) is 3.43. The van der Waals surface area contributed by atoms with Crippen LogP contribution >= 0.6 is 24.2 Å². The van der Waals surface area contributed by atoms with Gasteiger partial charge in [-0.25, -0.2) is 9.59 Å². The highest BCUT2D eigenvalue weighted by Crippen LogP contribution is 2.49. The minimum atomic E-state index is -1.85. The van der Waals surface area contributed by atoms with Crippen molar-refractivity contribution >= 4 is 53.8 Å². The maximum Gasteiger partial charge on any atom is 0.409 e. The number of carbonyl (C=O) groups is 4. The highest BCUT2D eigenvalue weighted by Gasteiger charge is 2.64. The summed E-state index contributed by atoms with van der Waals surface area (Å²) in [6.07, 6.45) is -2.80. The first-order valence-electron chi connectivity index (χ1n) is 16.0. The van der Waals surface area contributed by atoms with Crippen molar-refractivity contribution < 1.29 is 48.0 Å². The molecular weight excluding hydrogens is 678 g/mol. The number of anilines is 1. The number of rotatable bonds is 7. The van der Waals surface area contributed by atoms with Crippen LogP contribution in [0.4, 0.5) is 10.5 Å². The lowest BCUT2D eigenvalue weighted by atomic mass is 9.83. The van der Waals surface area contributed by atoms with E-state index in [0.29, 0.717) is 23.6 Å². The van der Waals surface area contributed by atoms with Crippen LogP contribution in [-0.4, -0.2) is 110 Å². The fraction of sp³-hybridized carbons (Fsp3) is 0.618. The molecule has 0 unspecified atom stereocenters. The summed E-state index contributed by atoms with van der Waals surface area (Å²) < 4.78 is 29.0. The Labute approximate surface area is 297 Å². The molecule has 3 aliphatic heterocycles. The summed E-state index contributed by atoms with van der Waals surface area (Å²) >= 11 is 10.8. The van der Waals surface area contributed by atoms with Crippen LogP contribution in [0.25, 0.3) is 0 Å². The van der Waals surface area contributed by atoms with E-state index in [0.717, 1.165) is 11.1 Å². The molecule has 49 heavy (non-hydrogen) atoms. The molecule has 0 aliphatic carbocycles. The number of hydrogen-bond acceptors (Lipinski definition) is 11. The fourth-order valence-electron chi connectivity index (χ4n) is 6.33. The zero-order valence-electron chi connectivity index (χ0n) is 29.1. The van der Waals surface area contributed by atoms with E-state index in [2.05, 4.69) is 23.7 Å². The summed E-state index contributed by atoms with van der Waals surface area (Å²) in [5, 5.41) is 14.4. The summed E-state index contributed by atoms with van der Waals surface area (Å²) in [7, 11) is 5.94. The normalized spacial score (nSPS) is 30.8. The molecular formula is C34H46ClN3O10S. The third-order valence-corrected chi connectivity index (χ3v) is 10.3. The monoisotopic (exact) mass is 723 g/mol. The molecule has 3 heterocycles. The zero-order chi connectivity index (χ0) is 36.4. The van der Waals surface area contributed by atoms with E-state index in [4.69, 9.17) is 35.3 Å². The van der Waals surface area contributed by atoms with Crippen molar-refractivity contribution in [3.8, 4) is 5.75 Å². The first kappa shape index (κ1) is 38.5. The second-order valence-electron chi connectivity index (χ2n) is 13.1. The molecule has 2 saturated heterocycles. The predicted molar refractivity (Wildman–Crippen MR) is 184 cm³/mol. The largest absolute Gasteiger partial charge is 0.495 e. The van der Waals surface area contributed by atoms with E-state index in [1.54, 1.807) is 39.1 Å². The van der Waals surface area contributed by atoms with Gasteiger partial charge in [0, 0.05) is 46.4 Å². The van der Waals surface area contributed by atoms with Crippen molar-refractivity contribution in [2.45, 2.75) is 95.2 Å². The van der Waals surface area contributed by atoms with E-state index >= 15 is 0 Å². The van der Waals surface area contributed by atoms with Crippen LogP contribution in [0.2, 0.25) is 5.02 Å². The summed E-state index contributed by atoms with van der Waals surface area (Å²) in [6.45, 7) is 6.87. The number of hydrogen-bond donors (Lipinski definition) is 3. The molecule has 0 aromatic heterocycles. The second-order valence-corrected chi connectivity index (χ2v) is 13.9. The maximum absolute atomic E-state index is 14.0. The van der Waals surface area contributed by atoms with Crippen LogP contribution in [-0.2, 0) is 39.8 Å². The molecule has 0 saturated carbocycles. The van der Waals surface area contributed by atoms with Gasteiger partial charge < -0.3 is 38.6 Å². The fourth-order valence-corrected chi connectivity index (χ4v) is 6.84. The van der Waals surface area contributed by atoms with Crippen molar-refractivity contribution in [1.29, 1.82) is 0 Å². The number of likely N-dealkylation sites (N-methyl/N-ethyl adjacent to an activating group) is 1. The maximum atomic E-state index is 14.0. The van der Waals surface area contributed by atoms with Crippen molar-refractivity contribution in [3.63, 3.8) is 0 Å². The number of esters is 1. The van der Waals surface area contributed by atoms with Crippen molar-refractivity contribution in [3.05, 3.63) is 40.1 Å². The summed E-state index contributed by atoms with van der Waals surface area (Å²) in [4.78, 5) is 55.5. The number of nitrogens with zero attached hydrogens (tertiary/aromatic N) is 2. The Morgan fingerprint density at radius 3 is 2.63 bits per heavy atom. The van der Waals surface area contributed by atoms with Gasteiger partial charge in [0.25, 0.3) is 0 Å². The highest BCUT2D eigenvalue weighted by molar-refractivity contribution is 7.80. The van der Waals surface area contributed by atoms with Crippen LogP contribution in [0.5, 0.6) is 5.75 Å². The van der Waals surface area contributed by atoms with E-state index in [1.807, 2.05) is 6.92 Å². The molecule has 15 heteroatoms. The first-order chi connectivity index (χ1) is 23.0. The molecule has 0 radical (unpaired) electrons. The van der Waals surface area contributed by atoms with Gasteiger partial charge in [0.15, 0.2) is 5.72 Å². The van der Waals surface area contributed by atoms with Gasteiger partial charge in [-0.1, -0.05) is 18.5 Å². The summed E-state index contributed by atoms with van der Waals surface area (Å²) in [6, 6.07) is 2.53. The minimum Gasteiger partial charge on any atom is -0.495 e. The molecule has 1 aromatic carbocycles. The average molecular weight is 724 g/mol. The number of nitrogens with one attached hydrogen (secondary N) is 1. The first-order valence-corrected chi connectivity index (χ1v) is 17.0. The molecule has 0 spiro atoms. The van der Waals surface area contributed by atoms with Crippen molar-refractivity contribution in [1.82, 2.24) is 10.2 Å². The van der Waals surface area contributed by atoms with Gasteiger partial charge in [-0.15, -0.1) is 5.73 Å². The summed E-state index contributed by atoms with van der Waals surface area (Å²) in [5.41, 5.74) is 1.97. The van der Waals surface area contributed by atoms with E-state index in [1.165, 1.54) is 38.0 Å². The number of ether oxygens (including phenoxy) is 5. The zero-order valence-corrected chi connectivity index (χ0v) is 30.7.